The van der Waals surface area contributed by atoms with Gasteiger partial charge in [-0.1, -0.05) is 24.7 Å². The first-order chi connectivity index (χ1) is 16.5. The molecule has 1 aromatic carbocycles. The van der Waals surface area contributed by atoms with E-state index in [4.69, 9.17) is 4.74 Å². The Hall–Kier alpha value is -2.98. The lowest BCUT2D eigenvalue weighted by atomic mass is 9.87. The van der Waals surface area contributed by atoms with Crippen LogP contribution in [0.15, 0.2) is 23.3 Å². The third-order valence-corrected chi connectivity index (χ3v) is 8.42. The van der Waals surface area contributed by atoms with Crippen molar-refractivity contribution in [1.82, 2.24) is 19.9 Å². The summed E-state index contributed by atoms with van der Waals surface area (Å²) in [6, 6.07) is 3.73. The van der Waals surface area contributed by atoms with Crippen molar-refractivity contribution in [2.75, 3.05) is 26.0 Å². The molecule has 1 amide bonds. The summed E-state index contributed by atoms with van der Waals surface area (Å²) in [5, 5.41) is 4.44. The summed E-state index contributed by atoms with van der Waals surface area (Å²) >= 11 is 2.81. The molecular formula is C24H27N5O3S2. The highest BCUT2D eigenvalue weighted by molar-refractivity contribution is 7.19. The molecule has 5 rings (SSSR count). The van der Waals surface area contributed by atoms with Crippen LogP contribution in [0, 0.1) is 5.92 Å². The van der Waals surface area contributed by atoms with Gasteiger partial charge in [0.2, 0.25) is 5.91 Å². The molecule has 0 radical (unpaired) electrons. The van der Waals surface area contributed by atoms with Crippen molar-refractivity contribution < 1.29 is 9.53 Å². The molecule has 0 aliphatic heterocycles. The van der Waals surface area contributed by atoms with Gasteiger partial charge in [0.15, 0.2) is 0 Å². The number of aromatic amines is 1. The summed E-state index contributed by atoms with van der Waals surface area (Å²) in [6.45, 7) is 2.95. The van der Waals surface area contributed by atoms with Gasteiger partial charge in [-0.05, 0) is 37.3 Å². The molecule has 178 valence electrons. The van der Waals surface area contributed by atoms with Gasteiger partial charge in [0.25, 0.3) is 0 Å². The van der Waals surface area contributed by atoms with E-state index in [9.17, 15) is 9.59 Å². The molecule has 0 saturated carbocycles. The van der Waals surface area contributed by atoms with Gasteiger partial charge in [-0.3, -0.25) is 9.59 Å². The topological polar surface area (TPSA) is 100 Å². The first-order valence-electron chi connectivity index (χ1n) is 11.5. The molecule has 3 aromatic heterocycles. The predicted molar refractivity (Wildman–Crippen MR) is 138 cm³/mol. The van der Waals surface area contributed by atoms with E-state index in [1.54, 1.807) is 24.8 Å². The number of thiophene rings is 1. The second kappa shape index (κ2) is 9.34. The highest BCUT2D eigenvalue weighted by atomic mass is 32.1. The number of amides is 1. The number of hydrogen-bond acceptors (Lipinski definition) is 8. The maximum Gasteiger partial charge on any atom is 0.305 e. The second-order valence-corrected chi connectivity index (χ2v) is 10.7. The smallest absolute Gasteiger partial charge is 0.305 e. The zero-order valence-electron chi connectivity index (χ0n) is 19.4. The quantitative estimate of drug-likeness (QED) is 0.384. The summed E-state index contributed by atoms with van der Waals surface area (Å²) in [5.74, 6) is 1.60. The monoisotopic (exact) mass is 497 g/mol. The fraction of sp³-hybridized carbons (Fsp3) is 0.417. The lowest BCUT2D eigenvalue weighted by Gasteiger charge is -2.26. The fourth-order valence-electron chi connectivity index (χ4n) is 4.60. The molecule has 3 heterocycles. The number of aryl methyl sites for hydroxylation is 1. The summed E-state index contributed by atoms with van der Waals surface area (Å²) in [4.78, 5) is 40.6. The number of nitrogens with zero attached hydrogens (tertiary/aromatic N) is 3. The predicted octanol–water partition coefficient (Wildman–Crippen LogP) is 4.71. The molecule has 10 heteroatoms. The number of H-pyrrole nitrogens is 1. The molecule has 8 nitrogen and oxygen atoms in total. The van der Waals surface area contributed by atoms with Crippen LogP contribution in [0.5, 0.6) is 5.75 Å². The number of aromatic nitrogens is 3. The number of ether oxygens (including phenoxy) is 1. The highest BCUT2D eigenvalue weighted by Crippen LogP contribution is 2.42. The summed E-state index contributed by atoms with van der Waals surface area (Å²) in [6.07, 6.45) is 6.07. The van der Waals surface area contributed by atoms with E-state index in [1.807, 2.05) is 24.1 Å². The lowest BCUT2D eigenvalue weighted by molar-refractivity contribution is -0.134. The van der Waals surface area contributed by atoms with E-state index in [0.29, 0.717) is 11.6 Å². The number of carbonyl (C=O) groups is 1. The average Bonchev–Trinajstić information content (AvgIpc) is 3.40. The van der Waals surface area contributed by atoms with E-state index >= 15 is 0 Å². The fourth-order valence-corrected chi connectivity index (χ4v) is 6.63. The van der Waals surface area contributed by atoms with Crippen LogP contribution >= 0.6 is 22.7 Å². The Morgan fingerprint density at radius 2 is 2.18 bits per heavy atom. The molecule has 1 aliphatic carbocycles. The van der Waals surface area contributed by atoms with Crippen molar-refractivity contribution in [3.8, 4) is 5.75 Å². The van der Waals surface area contributed by atoms with Crippen LogP contribution in [0.1, 0.15) is 36.6 Å². The number of unbranched alkanes of at least 4 members (excludes halogenated alkanes) is 1. The van der Waals surface area contributed by atoms with Gasteiger partial charge in [0.05, 0.1) is 28.4 Å². The van der Waals surface area contributed by atoms with E-state index < -0.39 is 0 Å². The minimum absolute atomic E-state index is 0.0191. The number of anilines is 2. The number of fused-ring (bicyclic) bond motifs is 4. The minimum Gasteiger partial charge on any atom is -0.494 e. The maximum absolute atomic E-state index is 13.0. The zero-order chi connectivity index (χ0) is 23.8. The minimum atomic E-state index is -0.102. The number of carbonyl (C=O) groups excluding carboxylic acids is 1. The highest BCUT2D eigenvalue weighted by Gasteiger charge is 2.30. The Morgan fingerprint density at radius 3 is 2.97 bits per heavy atom. The van der Waals surface area contributed by atoms with Gasteiger partial charge in [0, 0.05) is 30.5 Å². The zero-order valence-corrected chi connectivity index (χ0v) is 21.1. The van der Waals surface area contributed by atoms with Crippen molar-refractivity contribution >= 4 is 60.5 Å². The van der Waals surface area contributed by atoms with Crippen LogP contribution in [-0.2, 0) is 17.6 Å². The first kappa shape index (κ1) is 22.8. The number of methoxy groups -OCH3 is 1. The van der Waals surface area contributed by atoms with Crippen LogP contribution in [0.2, 0.25) is 0 Å². The molecule has 0 fully saturated rings. The Bertz CT molecular complexity index is 1420. The van der Waals surface area contributed by atoms with Gasteiger partial charge in [-0.2, -0.15) is 0 Å². The SMILES string of the molecule is CCCCN(C)C(=O)C1CCc2c(sc3ncnc(Nc4cc5sc(=O)[nH]c5cc4OC)c23)C1. The number of nitrogens with one attached hydrogen (secondary N) is 2. The summed E-state index contributed by atoms with van der Waals surface area (Å²) in [5.41, 5.74) is 2.72. The summed E-state index contributed by atoms with van der Waals surface area (Å²) in [7, 11) is 3.52. The molecule has 2 N–H and O–H groups in total. The third-order valence-electron chi connectivity index (χ3n) is 6.41. The van der Waals surface area contributed by atoms with Crippen molar-refractivity contribution in [2.45, 2.75) is 39.0 Å². The molecule has 34 heavy (non-hydrogen) atoms. The third kappa shape index (κ3) is 4.16. The van der Waals surface area contributed by atoms with Gasteiger partial charge in [-0.15, -0.1) is 11.3 Å². The molecule has 1 aliphatic rings. The van der Waals surface area contributed by atoms with Crippen LogP contribution in [-0.4, -0.2) is 46.5 Å². The van der Waals surface area contributed by atoms with E-state index in [1.165, 1.54) is 10.4 Å². The first-order valence-corrected chi connectivity index (χ1v) is 13.1. The van der Waals surface area contributed by atoms with Crippen molar-refractivity contribution in [3.63, 3.8) is 0 Å². The van der Waals surface area contributed by atoms with E-state index in [2.05, 4.69) is 27.2 Å². The number of rotatable bonds is 7. The van der Waals surface area contributed by atoms with Crippen molar-refractivity contribution in [2.24, 2.45) is 5.92 Å². The van der Waals surface area contributed by atoms with Gasteiger partial charge < -0.3 is 19.9 Å². The molecule has 1 unspecified atom stereocenters. The second-order valence-electron chi connectivity index (χ2n) is 8.65. The molecule has 1 atom stereocenters. The van der Waals surface area contributed by atoms with Gasteiger partial charge >= 0.3 is 4.87 Å². The normalized spacial score (nSPS) is 15.4. The van der Waals surface area contributed by atoms with E-state index in [-0.39, 0.29) is 16.7 Å². The maximum atomic E-state index is 13.0. The van der Waals surface area contributed by atoms with Crippen molar-refractivity contribution in [3.05, 3.63) is 38.6 Å². The molecule has 0 spiro atoms. The van der Waals surface area contributed by atoms with E-state index in [0.717, 1.165) is 76.1 Å². The van der Waals surface area contributed by atoms with Crippen LogP contribution in [0.3, 0.4) is 0 Å². The van der Waals surface area contributed by atoms with Crippen LogP contribution in [0.4, 0.5) is 11.5 Å². The lowest BCUT2D eigenvalue weighted by Crippen LogP contribution is -2.36. The number of thiazole rings is 1. The Balaban J connectivity index is 1.47. The summed E-state index contributed by atoms with van der Waals surface area (Å²) < 4.78 is 6.42. The van der Waals surface area contributed by atoms with Gasteiger partial charge in [-0.25, -0.2) is 9.97 Å². The molecular weight excluding hydrogens is 470 g/mol. The average molecular weight is 498 g/mol. The Morgan fingerprint density at radius 1 is 1.32 bits per heavy atom. The standard InChI is InChI=1S/C24H27N5O3S2/c1-4-5-8-29(2)23(30)13-6-7-14-18(9-13)33-22-20(14)21(25-12-26-22)27-15-11-19-16(10-17(15)32-3)28-24(31)34-19/h10-13H,4-9H2,1-3H3,(H,28,31)(H,25,26,27). The van der Waals surface area contributed by atoms with Gasteiger partial charge in [0.1, 0.15) is 22.7 Å². The number of hydrogen-bond donors (Lipinski definition) is 2. The van der Waals surface area contributed by atoms with Crippen molar-refractivity contribution in [1.29, 1.82) is 0 Å². The van der Waals surface area contributed by atoms with Crippen LogP contribution in [0.25, 0.3) is 20.4 Å². The largest absolute Gasteiger partial charge is 0.494 e. The van der Waals surface area contributed by atoms with Crippen LogP contribution < -0.4 is 14.9 Å². The molecule has 0 bridgehead atoms. The molecule has 0 saturated heterocycles. The Kier molecular flexibility index (Phi) is 6.26. The Labute approximate surface area is 205 Å². The molecule has 4 aromatic rings. The number of benzene rings is 1.